The molecule has 2 heterocycles. The van der Waals surface area contributed by atoms with Gasteiger partial charge < -0.3 is 20.1 Å². The molecule has 2 N–H and O–H groups in total. The summed E-state index contributed by atoms with van der Waals surface area (Å²) in [5.41, 5.74) is -0.362. The Morgan fingerprint density at radius 2 is 1.69 bits per heavy atom. The van der Waals surface area contributed by atoms with Crippen molar-refractivity contribution in [1.29, 1.82) is 0 Å². The Morgan fingerprint density at radius 3 is 2.31 bits per heavy atom. The van der Waals surface area contributed by atoms with Gasteiger partial charge in [-0.1, -0.05) is 0 Å². The van der Waals surface area contributed by atoms with Crippen LogP contribution in [0, 0.1) is 0 Å². The summed E-state index contributed by atoms with van der Waals surface area (Å²) < 4.78 is 11.3. The Bertz CT molecular complexity index is 290. The average molecular weight is 226 g/mol. The van der Waals surface area contributed by atoms with Gasteiger partial charge in [-0.2, -0.15) is 0 Å². The van der Waals surface area contributed by atoms with Gasteiger partial charge in [0.05, 0.1) is 18.8 Å². The molecule has 90 valence electrons. The van der Waals surface area contributed by atoms with Crippen molar-refractivity contribution in [3.63, 3.8) is 0 Å². The summed E-state index contributed by atoms with van der Waals surface area (Å²) in [6.07, 6.45) is 3.23. The molecule has 16 heavy (non-hydrogen) atoms. The number of carbonyl (C=O) groups excluding carboxylic acids is 1. The molecule has 0 aromatic heterocycles. The molecular weight excluding hydrogens is 208 g/mol. The van der Waals surface area contributed by atoms with Crippen LogP contribution in [0.25, 0.3) is 0 Å². The summed E-state index contributed by atoms with van der Waals surface area (Å²) in [6, 6.07) is 0. The van der Waals surface area contributed by atoms with E-state index in [4.69, 9.17) is 9.47 Å². The predicted octanol–water partition coefficient (Wildman–Crippen LogP) is -0.238. The average Bonchev–Trinajstić information content (AvgIpc) is 2.76. The van der Waals surface area contributed by atoms with Gasteiger partial charge >= 0.3 is 0 Å². The van der Waals surface area contributed by atoms with Crippen molar-refractivity contribution in [2.24, 2.45) is 0 Å². The molecule has 2 spiro atoms. The van der Waals surface area contributed by atoms with Crippen molar-refractivity contribution in [2.75, 3.05) is 26.3 Å². The van der Waals surface area contributed by atoms with Gasteiger partial charge in [-0.3, -0.25) is 4.79 Å². The zero-order chi connectivity index (χ0) is 11.1. The summed E-state index contributed by atoms with van der Waals surface area (Å²) >= 11 is 0. The van der Waals surface area contributed by atoms with E-state index in [9.17, 15) is 4.79 Å². The number of ether oxygens (including phenoxy) is 2. The number of hydrogen-bond acceptors (Lipinski definition) is 4. The first kappa shape index (κ1) is 10.5. The van der Waals surface area contributed by atoms with Crippen LogP contribution in [-0.4, -0.2) is 43.5 Å². The maximum absolute atomic E-state index is 11.9. The monoisotopic (exact) mass is 226 g/mol. The summed E-state index contributed by atoms with van der Waals surface area (Å²) in [6.45, 7) is 2.97. The quantitative estimate of drug-likeness (QED) is 0.598. The van der Waals surface area contributed by atoms with Crippen LogP contribution < -0.4 is 10.6 Å². The number of carbonyl (C=O) groups is 1. The smallest absolute Gasteiger partial charge is 0.240 e. The molecule has 3 rings (SSSR count). The largest absolute Gasteiger partial charge is 0.353 e. The topological polar surface area (TPSA) is 59.6 Å². The van der Waals surface area contributed by atoms with Crippen LogP contribution in [0.5, 0.6) is 0 Å². The first-order chi connectivity index (χ1) is 7.75. The lowest BCUT2D eigenvalue weighted by Gasteiger charge is -2.44. The lowest BCUT2D eigenvalue weighted by molar-refractivity contribution is -0.188. The Balaban J connectivity index is 1.70. The van der Waals surface area contributed by atoms with Crippen molar-refractivity contribution < 1.29 is 14.3 Å². The Labute approximate surface area is 94.9 Å². The van der Waals surface area contributed by atoms with E-state index in [0.717, 1.165) is 38.8 Å². The van der Waals surface area contributed by atoms with E-state index in [1.807, 2.05) is 0 Å². The number of piperazine rings is 1. The van der Waals surface area contributed by atoms with Gasteiger partial charge in [-0.05, 0) is 12.8 Å². The van der Waals surface area contributed by atoms with Crippen LogP contribution in [0.15, 0.2) is 0 Å². The van der Waals surface area contributed by atoms with Gasteiger partial charge in [0.1, 0.15) is 0 Å². The molecule has 3 aliphatic rings. The van der Waals surface area contributed by atoms with Crippen LogP contribution in [0.2, 0.25) is 0 Å². The van der Waals surface area contributed by atoms with Crippen molar-refractivity contribution in [2.45, 2.75) is 37.0 Å². The third kappa shape index (κ3) is 1.54. The molecule has 1 saturated carbocycles. The van der Waals surface area contributed by atoms with Gasteiger partial charge in [0.2, 0.25) is 5.91 Å². The highest BCUT2D eigenvalue weighted by Crippen LogP contribution is 2.40. The van der Waals surface area contributed by atoms with Gasteiger partial charge in [-0.25, -0.2) is 0 Å². The molecule has 2 saturated heterocycles. The van der Waals surface area contributed by atoms with Crippen LogP contribution in [0.4, 0.5) is 0 Å². The van der Waals surface area contributed by atoms with Gasteiger partial charge in [0.25, 0.3) is 0 Å². The number of amides is 1. The van der Waals surface area contributed by atoms with E-state index < -0.39 is 0 Å². The fourth-order valence-electron chi connectivity index (χ4n) is 2.97. The van der Waals surface area contributed by atoms with Crippen molar-refractivity contribution in [3.05, 3.63) is 0 Å². The molecule has 0 radical (unpaired) electrons. The molecule has 5 nitrogen and oxygen atoms in total. The molecule has 1 amide bonds. The Morgan fingerprint density at radius 1 is 1.00 bits per heavy atom. The van der Waals surface area contributed by atoms with Gasteiger partial charge in [0, 0.05) is 25.9 Å². The maximum atomic E-state index is 11.9. The molecule has 0 aromatic rings. The molecule has 0 unspecified atom stereocenters. The number of nitrogens with one attached hydrogen (secondary N) is 2. The Hall–Kier alpha value is -0.650. The summed E-state index contributed by atoms with van der Waals surface area (Å²) in [7, 11) is 0. The number of hydrogen-bond donors (Lipinski definition) is 2. The second kappa shape index (κ2) is 3.68. The first-order valence-corrected chi connectivity index (χ1v) is 6.06. The molecule has 0 bridgehead atoms. The summed E-state index contributed by atoms with van der Waals surface area (Å²) in [5, 5.41) is 6.31. The molecule has 5 heteroatoms. The molecular formula is C11H18N2O3. The zero-order valence-corrected chi connectivity index (χ0v) is 9.38. The number of rotatable bonds is 0. The highest BCUT2D eigenvalue weighted by molar-refractivity contribution is 5.87. The van der Waals surface area contributed by atoms with E-state index in [1.54, 1.807) is 0 Å². The highest BCUT2D eigenvalue weighted by Gasteiger charge is 2.50. The fraction of sp³-hybridized carbons (Fsp3) is 0.909. The third-order valence-electron chi connectivity index (χ3n) is 3.99. The lowest BCUT2D eigenvalue weighted by atomic mass is 9.77. The minimum atomic E-state index is -0.384. The van der Waals surface area contributed by atoms with Crippen molar-refractivity contribution in [3.8, 4) is 0 Å². The van der Waals surface area contributed by atoms with Crippen molar-refractivity contribution in [1.82, 2.24) is 10.6 Å². The van der Waals surface area contributed by atoms with E-state index in [2.05, 4.69) is 10.6 Å². The SMILES string of the molecule is O=C1NCCNC12CCC1(CC2)OCCO1. The van der Waals surface area contributed by atoms with Crippen LogP contribution in [-0.2, 0) is 14.3 Å². The van der Waals surface area contributed by atoms with Gasteiger partial charge in [0.15, 0.2) is 5.79 Å². The fourth-order valence-corrected chi connectivity index (χ4v) is 2.97. The second-order valence-corrected chi connectivity index (χ2v) is 4.87. The molecule has 2 aliphatic heterocycles. The molecule has 1 aliphatic carbocycles. The van der Waals surface area contributed by atoms with E-state index in [0.29, 0.717) is 13.2 Å². The highest BCUT2D eigenvalue weighted by atomic mass is 16.7. The van der Waals surface area contributed by atoms with E-state index >= 15 is 0 Å². The Kier molecular flexibility index (Phi) is 2.42. The normalized spacial score (nSPS) is 31.9. The maximum Gasteiger partial charge on any atom is 0.240 e. The van der Waals surface area contributed by atoms with Crippen LogP contribution in [0.1, 0.15) is 25.7 Å². The van der Waals surface area contributed by atoms with E-state index in [1.165, 1.54) is 0 Å². The molecule has 0 atom stereocenters. The van der Waals surface area contributed by atoms with Crippen LogP contribution >= 0.6 is 0 Å². The van der Waals surface area contributed by atoms with Crippen molar-refractivity contribution >= 4 is 5.91 Å². The van der Waals surface area contributed by atoms with E-state index in [-0.39, 0.29) is 17.2 Å². The van der Waals surface area contributed by atoms with Crippen LogP contribution in [0.3, 0.4) is 0 Å². The molecule has 0 aromatic carbocycles. The summed E-state index contributed by atoms with van der Waals surface area (Å²) in [5.74, 6) is -0.239. The first-order valence-electron chi connectivity index (χ1n) is 6.06. The minimum absolute atomic E-state index is 0.145. The predicted molar refractivity (Wildman–Crippen MR) is 56.8 cm³/mol. The standard InChI is InChI=1S/C11H18N2O3/c14-9-10(13-6-5-12-9)1-3-11(4-2-10)15-7-8-16-11/h13H,1-8H2,(H,12,14). The zero-order valence-electron chi connectivity index (χ0n) is 9.38. The minimum Gasteiger partial charge on any atom is -0.353 e. The third-order valence-corrected chi connectivity index (χ3v) is 3.99. The lowest BCUT2D eigenvalue weighted by Crippen LogP contribution is -2.65. The second-order valence-electron chi connectivity index (χ2n) is 4.87. The summed E-state index contributed by atoms with van der Waals surface area (Å²) in [4.78, 5) is 11.9. The molecule has 3 fully saturated rings. The van der Waals surface area contributed by atoms with Gasteiger partial charge in [-0.15, -0.1) is 0 Å².